The molecule has 9 nitrogen and oxygen atoms in total. The molecule has 0 bridgehead atoms. The monoisotopic (exact) mass is 608 g/mol. The van der Waals surface area contributed by atoms with Gasteiger partial charge in [0.05, 0.1) is 0 Å². The average molecular weight is 609 g/mol. The number of nitrogens with two attached hydrogens (primary N) is 1. The summed E-state index contributed by atoms with van der Waals surface area (Å²) in [6.45, 7) is -0.567. The fourth-order valence-corrected chi connectivity index (χ4v) is 1.41. The Balaban J connectivity index is -0.000000301. The number of amides is 2. The van der Waals surface area contributed by atoms with E-state index in [1.165, 1.54) is 0 Å². The fourth-order valence-electron chi connectivity index (χ4n) is 1.16. The minimum Gasteiger partial charge on any atom is -0.480 e. The maximum Gasteiger partial charge on any atom is 0.322 e. The van der Waals surface area contributed by atoms with Gasteiger partial charge < -0.3 is 26.6 Å². The topological polar surface area (TPSA) is 159 Å². The summed E-state index contributed by atoms with van der Waals surface area (Å²) in [6, 6.07) is -2.15. The molecule has 0 rings (SSSR count). The van der Waals surface area contributed by atoms with Gasteiger partial charge in [0.1, 0.15) is 18.6 Å². The van der Waals surface area contributed by atoms with Crippen LogP contribution in [0.15, 0.2) is 0 Å². The van der Waals surface area contributed by atoms with E-state index in [1.54, 1.807) is 0 Å². The zero-order valence-corrected chi connectivity index (χ0v) is 17.8. The molecular weight excluding hydrogens is 589 g/mol. The third-order valence-electron chi connectivity index (χ3n) is 2.25. The third-order valence-corrected chi connectivity index (χ3v) is 2.61. The largest absolute Gasteiger partial charge is 0.480 e. The molecule has 0 aromatic heterocycles. The van der Waals surface area contributed by atoms with E-state index in [0.29, 0.717) is 0 Å². The summed E-state index contributed by atoms with van der Waals surface area (Å²) in [5.41, 5.74) is 5.23. The van der Waals surface area contributed by atoms with Crippen molar-refractivity contribution in [1.82, 2.24) is 10.6 Å². The molecule has 2 unspecified atom stereocenters. The summed E-state index contributed by atoms with van der Waals surface area (Å²) in [5, 5.41) is 21.4. The van der Waals surface area contributed by atoms with E-state index in [2.05, 4.69) is 23.3 Å². The first-order chi connectivity index (χ1) is 9.27. The number of carboxylic acids is 2. The first kappa shape index (κ1) is 34.9. The molecule has 0 aliphatic heterocycles. The van der Waals surface area contributed by atoms with Crippen LogP contribution < -0.4 is 16.4 Å². The van der Waals surface area contributed by atoms with Gasteiger partial charge in [-0.15, -0.1) is 37.2 Å². The summed E-state index contributed by atoms with van der Waals surface area (Å²) >= 11 is 3.87. The number of nitrogens with one attached hydrogen (secondary N) is 2. The molecule has 2 amide bonds. The Morgan fingerprint density at radius 3 is 1.96 bits per heavy atom. The SMILES string of the molecule is Cl.Cl.Cl.NC(CCC(=O)NC(CS)C(=O)NCC(=O)O)C(=O)O.[Ir]. The quantitative estimate of drug-likeness (QED) is 0.184. The van der Waals surface area contributed by atoms with Crippen LogP contribution in [0.2, 0.25) is 0 Å². The van der Waals surface area contributed by atoms with E-state index in [1.807, 2.05) is 0 Å². The van der Waals surface area contributed by atoms with Crippen molar-refractivity contribution in [3.63, 3.8) is 0 Å². The maximum atomic E-state index is 11.5. The molecule has 0 saturated heterocycles. The van der Waals surface area contributed by atoms with Crippen molar-refractivity contribution in [1.29, 1.82) is 0 Å². The van der Waals surface area contributed by atoms with Crippen molar-refractivity contribution in [2.75, 3.05) is 12.3 Å². The maximum absolute atomic E-state index is 11.5. The van der Waals surface area contributed by atoms with E-state index < -0.39 is 42.4 Å². The van der Waals surface area contributed by atoms with Crippen molar-refractivity contribution < 1.29 is 49.5 Å². The first-order valence-electron chi connectivity index (χ1n) is 5.66. The minimum atomic E-state index is -1.22. The Kier molecular flexibility index (Phi) is 27.7. The molecule has 0 fully saturated rings. The Bertz CT molecular complexity index is 408. The summed E-state index contributed by atoms with van der Waals surface area (Å²) in [7, 11) is 0. The van der Waals surface area contributed by atoms with Gasteiger partial charge in [-0.25, -0.2) is 0 Å². The van der Waals surface area contributed by atoms with E-state index in [0.717, 1.165) is 0 Å². The molecule has 0 aliphatic carbocycles. The number of rotatable bonds is 9. The van der Waals surface area contributed by atoms with Crippen molar-refractivity contribution in [2.24, 2.45) is 5.73 Å². The number of hydrogen-bond donors (Lipinski definition) is 6. The summed E-state index contributed by atoms with van der Waals surface area (Å²) in [6.07, 6.45) is -0.235. The van der Waals surface area contributed by atoms with Gasteiger partial charge in [0.25, 0.3) is 0 Å². The molecular formula is C10H20Cl3IrN3O6S. The van der Waals surface area contributed by atoms with Crippen molar-refractivity contribution in [2.45, 2.75) is 24.9 Å². The Morgan fingerprint density at radius 2 is 1.58 bits per heavy atom. The van der Waals surface area contributed by atoms with Gasteiger partial charge in [0.15, 0.2) is 0 Å². The molecule has 0 heterocycles. The van der Waals surface area contributed by atoms with Gasteiger partial charge in [-0.2, -0.15) is 12.6 Å². The molecule has 0 aromatic rings. The van der Waals surface area contributed by atoms with Gasteiger partial charge in [0, 0.05) is 32.3 Å². The van der Waals surface area contributed by atoms with Crippen LogP contribution in [0.5, 0.6) is 0 Å². The van der Waals surface area contributed by atoms with Gasteiger partial charge in [0.2, 0.25) is 11.8 Å². The number of halogens is 3. The standard InChI is InChI=1S/C10H17N3O6S.3ClH.Ir/c11-5(10(18)19)1-2-7(14)13-6(4-20)9(17)12-3-8(15)16;;;;/h5-6,20H,1-4,11H2,(H,12,17)(H,13,14)(H,15,16)(H,18,19);3*1H;. The van der Waals surface area contributed by atoms with Crippen LogP contribution in [0.3, 0.4) is 0 Å². The smallest absolute Gasteiger partial charge is 0.322 e. The Labute approximate surface area is 176 Å². The zero-order valence-electron chi connectivity index (χ0n) is 12.1. The van der Waals surface area contributed by atoms with Crippen LogP contribution in [-0.4, -0.2) is 58.3 Å². The number of carboxylic acid groups (broad SMARTS) is 2. The minimum absolute atomic E-state index is 0. The molecule has 6 N–H and O–H groups in total. The first-order valence-corrected chi connectivity index (χ1v) is 6.29. The molecule has 2 atom stereocenters. The van der Waals surface area contributed by atoms with E-state index >= 15 is 0 Å². The van der Waals surface area contributed by atoms with Gasteiger partial charge >= 0.3 is 11.9 Å². The van der Waals surface area contributed by atoms with Crippen LogP contribution in [0.1, 0.15) is 12.8 Å². The molecule has 0 aromatic carbocycles. The molecule has 1 radical (unpaired) electrons. The Hall–Kier alpha value is -0.291. The molecule has 0 spiro atoms. The molecule has 147 valence electrons. The molecule has 0 saturated carbocycles. The zero-order chi connectivity index (χ0) is 15.7. The second-order valence-corrected chi connectivity index (χ2v) is 4.26. The summed E-state index contributed by atoms with van der Waals surface area (Å²) in [5.74, 6) is -3.70. The summed E-state index contributed by atoms with van der Waals surface area (Å²) < 4.78 is 0. The van der Waals surface area contributed by atoms with Gasteiger partial charge in [-0.05, 0) is 6.42 Å². The van der Waals surface area contributed by atoms with Crippen LogP contribution >= 0.6 is 49.8 Å². The summed E-state index contributed by atoms with van der Waals surface area (Å²) in [4.78, 5) is 43.7. The normalized spacial score (nSPS) is 10.9. The van der Waals surface area contributed by atoms with Crippen LogP contribution in [0.25, 0.3) is 0 Å². The molecule has 14 heteroatoms. The van der Waals surface area contributed by atoms with E-state index in [9.17, 15) is 19.2 Å². The predicted octanol–water partition coefficient (Wildman–Crippen LogP) is -0.943. The number of carbonyl (C=O) groups is 4. The van der Waals surface area contributed by atoms with Gasteiger partial charge in [-0.3, -0.25) is 19.2 Å². The second-order valence-electron chi connectivity index (χ2n) is 3.90. The Morgan fingerprint density at radius 1 is 1.08 bits per heavy atom. The fraction of sp³-hybridized carbons (Fsp3) is 0.600. The van der Waals surface area contributed by atoms with Crippen molar-refractivity contribution in [3.8, 4) is 0 Å². The average Bonchev–Trinajstić information content (AvgIpc) is 2.38. The van der Waals surface area contributed by atoms with E-state index in [-0.39, 0.29) is 75.9 Å². The number of aliphatic carboxylic acids is 2. The molecule has 0 aliphatic rings. The van der Waals surface area contributed by atoms with Crippen LogP contribution in [0.4, 0.5) is 0 Å². The van der Waals surface area contributed by atoms with Gasteiger partial charge in [-0.1, -0.05) is 0 Å². The van der Waals surface area contributed by atoms with Crippen molar-refractivity contribution >= 4 is 73.6 Å². The van der Waals surface area contributed by atoms with E-state index in [4.69, 9.17) is 15.9 Å². The molecule has 24 heavy (non-hydrogen) atoms. The van der Waals surface area contributed by atoms with Crippen molar-refractivity contribution in [3.05, 3.63) is 0 Å². The van der Waals surface area contributed by atoms with Crippen LogP contribution in [-0.2, 0) is 39.3 Å². The third kappa shape index (κ3) is 16.6. The number of hydrogen-bond acceptors (Lipinski definition) is 6. The number of carbonyl (C=O) groups excluding carboxylic acids is 2. The number of thiol groups is 1. The second kappa shape index (κ2) is 19.0. The predicted molar refractivity (Wildman–Crippen MR) is 93.0 cm³/mol. The van der Waals surface area contributed by atoms with Crippen LogP contribution in [0, 0.1) is 0 Å².